The highest BCUT2D eigenvalue weighted by molar-refractivity contribution is 6.37. The second-order valence-corrected chi connectivity index (χ2v) is 9.81. The second-order valence-electron chi connectivity index (χ2n) is 9.00. The monoisotopic (exact) mass is 588 g/mol. The number of halogens is 2. The molecule has 0 aliphatic heterocycles. The number of hydrogen-bond acceptors (Lipinski definition) is 6. The quantitative estimate of drug-likeness (QED) is 0.221. The molecule has 11 heteroatoms. The summed E-state index contributed by atoms with van der Waals surface area (Å²) in [5, 5.41) is 17.4. The van der Waals surface area contributed by atoms with Crippen LogP contribution in [0.1, 0.15) is 27.5 Å². The number of phenolic OH excluding ortho intramolecular Hbond substituents is 1. The van der Waals surface area contributed by atoms with E-state index in [-0.39, 0.29) is 44.6 Å². The summed E-state index contributed by atoms with van der Waals surface area (Å²) in [6, 6.07) is 25.9. The van der Waals surface area contributed by atoms with Gasteiger partial charge in [0.15, 0.2) is 5.75 Å². The Kier molecular flexibility index (Phi) is 8.19. The molecule has 0 fully saturated rings. The fourth-order valence-corrected chi connectivity index (χ4v) is 4.76. The smallest absolute Gasteiger partial charge is 0.349 e. The number of aromatic hydroxyl groups is 1. The van der Waals surface area contributed by atoms with E-state index >= 15 is 0 Å². The molecule has 0 saturated heterocycles. The normalized spacial score (nSPS) is 11.6. The number of hydrogen-bond donors (Lipinski definition) is 3. The van der Waals surface area contributed by atoms with Crippen LogP contribution in [-0.2, 0) is 6.42 Å². The van der Waals surface area contributed by atoms with Crippen LogP contribution < -0.4 is 21.3 Å². The molecule has 9 nitrogen and oxygen atoms in total. The van der Waals surface area contributed by atoms with E-state index in [0.717, 1.165) is 22.0 Å². The number of aromatic amines is 1. The highest BCUT2D eigenvalue weighted by Crippen LogP contribution is 2.39. The van der Waals surface area contributed by atoms with Crippen molar-refractivity contribution in [3.8, 4) is 22.9 Å². The zero-order chi connectivity index (χ0) is 28.9. The van der Waals surface area contributed by atoms with Gasteiger partial charge in [-0.25, -0.2) is 4.79 Å². The number of rotatable bonds is 8. The minimum absolute atomic E-state index is 0.00986. The Balaban J connectivity index is 1.40. The van der Waals surface area contributed by atoms with Crippen LogP contribution in [0.5, 0.6) is 17.2 Å². The molecule has 0 spiro atoms. The van der Waals surface area contributed by atoms with Gasteiger partial charge in [0.25, 0.3) is 11.5 Å². The SMILES string of the molecule is O=C(NC(Cc1ccccc1)c1ccccc1)c1cc(Oc2c(Cl)cc(-n3ncc(=O)[nH]c3=O)cc2Cl)ccc1O. The zero-order valence-electron chi connectivity index (χ0n) is 21.3. The van der Waals surface area contributed by atoms with Crippen LogP contribution >= 0.6 is 23.2 Å². The molecule has 1 atom stereocenters. The van der Waals surface area contributed by atoms with Crippen molar-refractivity contribution in [1.29, 1.82) is 0 Å². The van der Waals surface area contributed by atoms with Crippen LogP contribution in [0.4, 0.5) is 0 Å². The predicted molar refractivity (Wildman–Crippen MR) is 155 cm³/mol. The first-order valence-corrected chi connectivity index (χ1v) is 13.1. The maximum atomic E-state index is 13.4. The Bertz CT molecular complexity index is 1800. The van der Waals surface area contributed by atoms with Crippen molar-refractivity contribution in [2.24, 2.45) is 0 Å². The Morgan fingerprint density at radius 2 is 1.61 bits per heavy atom. The molecule has 0 aliphatic rings. The first kappa shape index (κ1) is 27.7. The number of ether oxygens (including phenoxy) is 1. The molecule has 0 radical (unpaired) electrons. The maximum absolute atomic E-state index is 13.4. The summed E-state index contributed by atoms with van der Waals surface area (Å²) >= 11 is 12.8. The minimum atomic E-state index is -0.770. The molecule has 0 saturated carbocycles. The summed E-state index contributed by atoms with van der Waals surface area (Å²) in [6.45, 7) is 0. The molecule has 1 aromatic heterocycles. The molecule has 41 heavy (non-hydrogen) atoms. The van der Waals surface area contributed by atoms with E-state index in [1.165, 1.54) is 30.3 Å². The molecule has 5 aromatic rings. The van der Waals surface area contributed by atoms with Crippen molar-refractivity contribution in [1.82, 2.24) is 20.1 Å². The van der Waals surface area contributed by atoms with E-state index in [1.807, 2.05) is 60.7 Å². The van der Waals surface area contributed by atoms with Crippen molar-refractivity contribution >= 4 is 29.1 Å². The average Bonchev–Trinajstić information content (AvgIpc) is 2.96. The van der Waals surface area contributed by atoms with Crippen molar-refractivity contribution in [2.75, 3.05) is 0 Å². The van der Waals surface area contributed by atoms with Gasteiger partial charge in [0.2, 0.25) is 0 Å². The van der Waals surface area contributed by atoms with Gasteiger partial charge in [0, 0.05) is 0 Å². The molecule has 4 aromatic carbocycles. The van der Waals surface area contributed by atoms with Crippen LogP contribution in [-0.4, -0.2) is 25.8 Å². The Hall–Kier alpha value is -4.86. The van der Waals surface area contributed by atoms with Crippen molar-refractivity contribution in [3.05, 3.63) is 145 Å². The number of nitrogens with zero attached hydrogens (tertiary/aromatic N) is 2. The van der Waals surface area contributed by atoms with E-state index in [2.05, 4.69) is 15.4 Å². The van der Waals surface area contributed by atoms with Crippen molar-refractivity contribution < 1.29 is 14.6 Å². The zero-order valence-corrected chi connectivity index (χ0v) is 22.8. The predicted octanol–water partition coefficient (Wildman–Crippen LogP) is 5.44. The molecule has 1 unspecified atom stereocenters. The van der Waals surface area contributed by atoms with Crippen LogP contribution in [0.15, 0.2) is 107 Å². The molecule has 0 bridgehead atoms. The lowest BCUT2D eigenvalue weighted by Crippen LogP contribution is -2.30. The standard InChI is InChI=1S/C30H22Cl2N4O5/c31-23-14-20(36-30(40)35-27(38)17-33-36)15-24(32)28(23)41-21-11-12-26(37)22(16-21)29(39)34-25(19-9-5-2-6-10-19)13-18-7-3-1-4-8-18/h1-12,14-17,25,37H,13H2,(H,34,39)(H,35,38,40). The molecule has 0 aliphatic carbocycles. The Labute approximate surface area is 243 Å². The molecule has 3 N–H and O–H groups in total. The fraction of sp³-hybridized carbons (Fsp3) is 0.0667. The van der Waals surface area contributed by atoms with Crippen LogP contribution in [0.25, 0.3) is 5.69 Å². The highest BCUT2D eigenvalue weighted by atomic mass is 35.5. The van der Waals surface area contributed by atoms with Gasteiger partial charge in [-0.2, -0.15) is 9.78 Å². The third-order valence-corrected chi connectivity index (χ3v) is 6.72. The molecule has 1 amide bonds. The molecular weight excluding hydrogens is 567 g/mol. The van der Waals surface area contributed by atoms with Crippen molar-refractivity contribution in [3.63, 3.8) is 0 Å². The second kappa shape index (κ2) is 12.1. The summed E-state index contributed by atoms with van der Waals surface area (Å²) < 4.78 is 6.81. The number of nitrogens with one attached hydrogen (secondary N) is 2. The molecule has 206 valence electrons. The van der Waals surface area contributed by atoms with Gasteiger partial charge in [0.1, 0.15) is 17.7 Å². The highest BCUT2D eigenvalue weighted by Gasteiger charge is 2.20. The summed E-state index contributed by atoms with van der Waals surface area (Å²) in [5.74, 6) is -0.507. The Morgan fingerprint density at radius 1 is 0.951 bits per heavy atom. The first-order valence-electron chi connectivity index (χ1n) is 12.4. The van der Waals surface area contributed by atoms with Gasteiger partial charge in [-0.3, -0.25) is 14.6 Å². The summed E-state index contributed by atoms with van der Waals surface area (Å²) in [7, 11) is 0. The largest absolute Gasteiger partial charge is 0.507 e. The fourth-order valence-electron chi connectivity index (χ4n) is 4.21. The van der Waals surface area contributed by atoms with E-state index < -0.39 is 17.2 Å². The van der Waals surface area contributed by atoms with Crippen molar-refractivity contribution in [2.45, 2.75) is 12.5 Å². The number of aromatic nitrogens is 3. The Morgan fingerprint density at radius 3 is 2.27 bits per heavy atom. The lowest BCUT2D eigenvalue weighted by atomic mass is 9.98. The minimum Gasteiger partial charge on any atom is -0.507 e. The van der Waals surface area contributed by atoms with E-state index in [4.69, 9.17) is 27.9 Å². The van der Waals surface area contributed by atoms with Gasteiger partial charge in [0.05, 0.1) is 27.3 Å². The van der Waals surface area contributed by atoms with E-state index in [1.54, 1.807) is 0 Å². The van der Waals surface area contributed by atoms with Crippen LogP contribution in [0.2, 0.25) is 10.0 Å². The number of carbonyl (C=O) groups is 1. The molecule has 5 rings (SSSR count). The number of carbonyl (C=O) groups excluding carboxylic acids is 1. The first-order chi connectivity index (χ1) is 19.8. The summed E-state index contributed by atoms with van der Waals surface area (Å²) in [4.78, 5) is 38.9. The topological polar surface area (TPSA) is 126 Å². The van der Waals surface area contributed by atoms with Gasteiger partial charge in [-0.05, 0) is 47.9 Å². The number of H-pyrrole nitrogens is 1. The molecular formula is C30H22Cl2N4O5. The average molecular weight is 589 g/mol. The van der Waals surface area contributed by atoms with Crippen LogP contribution in [0.3, 0.4) is 0 Å². The van der Waals surface area contributed by atoms with Gasteiger partial charge in [-0.1, -0.05) is 83.9 Å². The van der Waals surface area contributed by atoms with Crippen LogP contribution in [0, 0.1) is 0 Å². The van der Waals surface area contributed by atoms with Gasteiger partial charge >= 0.3 is 5.69 Å². The van der Waals surface area contributed by atoms with E-state index in [0.29, 0.717) is 6.42 Å². The maximum Gasteiger partial charge on any atom is 0.349 e. The third-order valence-electron chi connectivity index (χ3n) is 6.16. The summed E-state index contributed by atoms with van der Waals surface area (Å²) in [6.07, 6.45) is 1.48. The lowest BCUT2D eigenvalue weighted by molar-refractivity contribution is 0.0933. The number of benzene rings is 4. The molecule has 1 heterocycles. The van der Waals surface area contributed by atoms with Gasteiger partial charge < -0.3 is 15.2 Å². The van der Waals surface area contributed by atoms with E-state index in [9.17, 15) is 19.5 Å². The number of phenols is 1. The number of amides is 1. The summed E-state index contributed by atoms with van der Waals surface area (Å²) in [5.41, 5.74) is 0.717. The van der Waals surface area contributed by atoms with Gasteiger partial charge in [-0.15, -0.1) is 0 Å². The lowest BCUT2D eigenvalue weighted by Gasteiger charge is -2.20. The third kappa shape index (κ3) is 6.49.